The number of para-hydroxylation sites is 2. The van der Waals surface area contributed by atoms with Crippen LogP contribution in [0.5, 0.6) is 0 Å². The SMILES string of the molecule is Cn1c(C(=O)O)c(CC(=O)NCCCN2CCN(c3ccccc3)CC2)c2ccccc21. The van der Waals surface area contributed by atoms with Gasteiger partial charge in [-0.15, -0.1) is 0 Å². The van der Waals surface area contributed by atoms with Crippen molar-refractivity contribution in [3.63, 3.8) is 0 Å². The molecule has 32 heavy (non-hydrogen) atoms. The van der Waals surface area contributed by atoms with Crippen LogP contribution in [0.25, 0.3) is 10.9 Å². The molecule has 1 aliphatic rings. The Balaban J connectivity index is 1.24. The molecule has 0 saturated carbocycles. The molecule has 1 aliphatic heterocycles. The van der Waals surface area contributed by atoms with Crippen molar-refractivity contribution in [2.45, 2.75) is 12.8 Å². The van der Waals surface area contributed by atoms with Crippen molar-refractivity contribution in [3.8, 4) is 0 Å². The van der Waals surface area contributed by atoms with E-state index in [0.717, 1.165) is 50.0 Å². The van der Waals surface area contributed by atoms with Crippen LogP contribution in [0.1, 0.15) is 22.5 Å². The number of hydrogen-bond acceptors (Lipinski definition) is 4. The zero-order valence-electron chi connectivity index (χ0n) is 18.5. The van der Waals surface area contributed by atoms with Gasteiger partial charge in [-0.1, -0.05) is 36.4 Å². The largest absolute Gasteiger partial charge is 0.477 e. The summed E-state index contributed by atoms with van der Waals surface area (Å²) in [6.45, 7) is 5.58. The summed E-state index contributed by atoms with van der Waals surface area (Å²) >= 11 is 0. The molecule has 2 heterocycles. The number of carbonyl (C=O) groups excluding carboxylic acids is 1. The van der Waals surface area contributed by atoms with Crippen molar-refractivity contribution in [3.05, 3.63) is 65.9 Å². The number of rotatable bonds is 8. The first kappa shape index (κ1) is 21.9. The molecule has 1 aromatic heterocycles. The quantitative estimate of drug-likeness (QED) is 0.533. The molecule has 3 aromatic rings. The molecule has 1 amide bonds. The van der Waals surface area contributed by atoms with Gasteiger partial charge in [-0.25, -0.2) is 4.79 Å². The van der Waals surface area contributed by atoms with Gasteiger partial charge in [0.1, 0.15) is 5.69 Å². The van der Waals surface area contributed by atoms with Gasteiger partial charge in [0.15, 0.2) is 0 Å². The number of benzene rings is 2. The second kappa shape index (κ2) is 9.87. The molecule has 7 nitrogen and oxygen atoms in total. The second-order valence-corrected chi connectivity index (χ2v) is 8.25. The van der Waals surface area contributed by atoms with Crippen LogP contribution in [-0.4, -0.2) is 65.7 Å². The number of carbonyl (C=O) groups is 2. The molecule has 0 aliphatic carbocycles. The smallest absolute Gasteiger partial charge is 0.352 e. The number of piperazine rings is 1. The Morgan fingerprint density at radius 3 is 2.38 bits per heavy atom. The first-order chi connectivity index (χ1) is 15.5. The van der Waals surface area contributed by atoms with Crippen molar-refractivity contribution in [2.75, 3.05) is 44.2 Å². The maximum atomic E-state index is 12.6. The van der Waals surface area contributed by atoms with Gasteiger partial charge in [0, 0.05) is 61.9 Å². The van der Waals surface area contributed by atoms with Gasteiger partial charge in [-0.2, -0.15) is 0 Å². The average Bonchev–Trinajstić information content (AvgIpc) is 3.09. The van der Waals surface area contributed by atoms with Gasteiger partial charge < -0.3 is 19.9 Å². The van der Waals surface area contributed by atoms with Crippen molar-refractivity contribution in [2.24, 2.45) is 7.05 Å². The number of aromatic nitrogens is 1. The molecule has 0 radical (unpaired) electrons. The van der Waals surface area contributed by atoms with Gasteiger partial charge in [-0.3, -0.25) is 9.69 Å². The van der Waals surface area contributed by atoms with Crippen LogP contribution in [0.4, 0.5) is 5.69 Å². The summed E-state index contributed by atoms with van der Waals surface area (Å²) in [6.07, 6.45) is 0.942. The van der Waals surface area contributed by atoms with E-state index < -0.39 is 5.97 Å². The third-order valence-electron chi connectivity index (χ3n) is 6.22. The molecule has 2 aromatic carbocycles. The van der Waals surface area contributed by atoms with E-state index in [4.69, 9.17) is 0 Å². The average molecular weight is 435 g/mol. The van der Waals surface area contributed by atoms with Crippen LogP contribution in [0.2, 0.25) is 0 Å². The molecular formula is C25H30N4O3. The summed E-state index contributed by atoms with van der Waals surface area (Å²) in [4.78, 5) is 29.2. The number of amides is 1. The predicted octanol–water partition coefficient (Wildman–Crippen LogP) is 2.75. The van der Waals surface area contributed by atoms with Crippen LogP contribution >= 0.6 is 0 Å². The minimum Gasteiger partial charge on any atom is -0.477 e. The lowest BCUT2D eigenvalue weighted by molar-refractivity contribution is -0.120. The van der Waals surface area contributed by atoms with Gasteiger partial charge in [0.2, 0.25) is 5.91 Å². The predicted molar refractivity (Wildman–Crippen MR) is 126 cm³/mol. The van der Waals surface area contributed by atoms with E-state index in [2.05, 4.69) is 39.4 Å². The molecule has 0 atom stereocenters. The van der Waals surface area contributed by atoms with E-state index in [1.807, 2.05) is 30.3 Å². The van der Waals surface area contributed by atoms with Crippen molar-refractivity contribution >= 4 is 28.5 Å². The third-order valence-corrected chi connectivity index (χ3v) is 6.22. The number of anilines is 1. The molecule has 2 N–H and O–H groups in total. The van der Waals surface area contributed by atoms with Gasteiger partial charge in [0.05, 0.1) is 6.42 Å². The van der Waals surface area contributed by atoms with E-state index in [9.17, 15) is 14.7 Å². The summed E-state index contributed by atoms with van der Waals surface area (Å²) in [5.41, 5.74) is 2.85. The fraction of sp³-hybridized carbons (Fsp3) is 0.360. The zero-order chi connectivity index (χ0) is 22.5. The first-order valence-electron chi connectivity index (χ1n) is 11.1. The molecular weight excluding hydrogens is 404 g/mol. The highest BCUT2D eigenvalue weighted by atomic mass is 16.4. The summed E-state index contributed by atoms with van der Waals surface area (Å²) in [7, 11) is 1.73. The van der Waals surface area contributed by atoms with Crippen molar-refractivity contribution in [1.29, 1.82) is 0 Å². The fourth-order valence-corrected chi connectivity index (χ4v) is 4.55. The number of nitrogens with zero attached hydrogens (tertiary/aromatic N) is 3. The highest BCUT2D eigenvalue weighted by molar-refractivity contribution is 6.00. The zero-order valence-corrected chi connectivity index (χ0v) is 18.5. The third kappa shape index (κ3) is 4.78. The summed E-state index contributed by atoms with van der Waals surface area (Å²) in [5.74, 6) is -1.15. The van der Waals surface area contributed by atoms with Crippen LogP contribution < -0.4 is 10.2 Å². The number of hydrogen-bond donors (Lipinski definition) is 2. The maximum Gasteiger partial charge on any atom is 0.352 e. The second-order valence-electron chi connectivity index (χ2n) is 8.25. The fourth-order valence-electron chi connectivity index (χ4n) is 4.55. The topological polar surface area (TPSA) is 77.8 Å². The molecule has 0 unspecified atom stereocenters. The Morgan fingerprint density at radius 2 is 1.66 bits per heavy atom. The van der Waals surface area contributed by atoms with Crippen LogP contribution in [0.3, 0.4) is 0 Å². The molecule has 4 rings (SSSR count). The summed E-state index contributed by atoms with van der Waals surface area (Å²) in [5, 5.41) is 13.4. The standard InChI is InChI=1S/C25H30N4O3/c1-27-22-11-6-5-10-20(22)21(24(27)25(31)32)18-23(30)26-12-7-13-28-14-16-29(17-15-28)19-8-3-2-4-9-19/h2-6,8-11H,7,12-18H2,1H3,(H,26,30)(H,31,32). The molecule has 1 saturated heterocycles. The lowest BCUT2D eigenvalue weighted by Gasteiger charge is -2.36. The van der Waals surface area contributed by atoms with Crippen LogP contribution in [0, 0.1) is 0 Å². The van der Waals surface area contributed by atoms with E-state index in [1.165, 1.54) is 5.69 Å². The van der Waals surface area contributed by atoms with E-state index in [0.29, 0.717) is 12.1 Å². The van der Waals surface area contributed by atoms with Gasteiger partial charge >= 0.3 is 5.97 Å². The van der Waals surface area contributed by atoms with Crippen molar-refractivity contribution < 1.29 is 14.7 Å². The number of aromatic carboxylic acids is 1. The van der Waals surface area contributed by atoms with Crippen LogP contribution in [-0.2, 0) is 18.3 Å². The molecule has 1 fully saturated rings. The highest BCUT2D eigenvalue weighted by Crippen LogP contribution is 2.26. The van der Waals surface area contributed by atoms with E-state index >= 15 is 0 Å². The lowest BCUT2D eigenvalue weighted by Crippen LogP contribution is -2.47. The normalized spacial score (nSPS) is 14.6. The van der Waals surface area contributed by atoms with Gasteiger partial charge in [-0.05, 0) is 31.2 Å². The number of nitrogens with one attached hydrogen (secondary N) is 1. The van der Waals surface area contributed by atoms with E-state index in [1.54, 1.807) is 11.6 Å². The Kier molecular flexibility index (Phi) is 6.75. The Hall–Kier alpha value is -3.32. The van der Waals surface area contributed by atoms with Crippen LogP contribution in [0.15, 0.2) is 54.6 Å². The molecule has 7 heteroatoms. The van der Waals surface area contributed by atoms with Gasteiger partial charge in [0.25, 0.3) is 0 Å². The Bertz CT molecular complexity index is 1090. The number of aryl methyl sites for hydroxylation is 1. The molecule has 168 valence electrons. The Morgan fingerprint density at radius 1 is 0.969 bits per heavy atom. The maximum absolute atomic E-state index is 12.6. The number of carboxylic acids is 1. The molecule has 0 spiro atoms. The summed E-state index contributed by atoms with van der Waals surface area (Å²) in [6, 6.07) is 18.0. The van der Waals surface area contributed by atoms with Crippen molar-refractivity contribution in [1.82, 2.24) is 14.8 Å². The number of fused-ring (bicyclic) bond motifs is 1. The summed E-state index contributed by atoms with van der Waals surface area (Å²) < 4.78 is 1.65. The Labute approximate surface area is 188 Å². The first-order valence-corrected chi connectivity index (χ1v) is 11.1. The molecule has 0 bridgehead atoms. The lowest BCUT2D eigenvalue weighted by atomic mass is 10.1. The minimum absolute atomic E-state index is 0.0682. The highest BCUT2D eigenvalue weighted by Gasteiger charge is 2.22. The monoisotopic (exact) mass is 434 g/mol. The minimum atomic E-state index is -1.01. The van der Waals surface area contributed by atoms with E-state index in [-0.39, 0.29) is 18.0 Å². The number of carboxylic acid groups (broad SMARTS) is 1.